The topological polar surface area (TPSA) is 61.2 Å². The molecular weight excluding hydrogens is 336 g/mol. The Morgan fingerprint density at radius 3 is 2.76 bits per heavy atom. The van der Waals surface area contributed by atoms with E-state index in [1.54, 1.807) is 23.6 Å². The SMILES string of the molecule is CCOC(=O)CSc1nc2ccccc2c(=O)n1-c1cccc(C)c1. The number of esters is 1. The van der Waals surface area contributed by atoms with Gasteiger partial charge in [0.2, 0.25) is 0 Å². The van der Waals surface area contributed by atoms with Gasteiger partial charge in [0.15, 0.2) is 5.16 Å². The molecule has 0 fully saturated rings. The monoisotopic (exact) mass is 354 g/mol. The van der Waals surface area contributed by atoms with Crippen LogP contribution in [0.4, 0.5) is 0 Å². The lowest BCUT2D eigenvalue weighted by atomic mass is 10.2. The summed E-state index contributed by atoms with van der Waals surface area (Å²) in [5.74, 6) is -0.226. The van der Waals surface area contributed by atoms with Gasteiger partial charge >= 0.3 is 5.97 Å². The van der Waals surface area contributed by atoms with Crippen LogP contribution in [0.2, 0.25) is 0 Å². The van der Waals surface area contributed by atoms with Gasteiger partial charge in [-0.15, -0.1) is 0 Å². The zero-order chi connectivity index (χ0) is 17.8. The molecule has 0 N–H and O–H groups in total. The molecule has 1 aromatic heterocycles. The molecule has 0 unspecified atom stereocenters. The Labute approximate surface area is 149 Å². The van der Waals surface area contributed by atoms with Crippen LogP contribution >= 0.6 is 11.8 Å². The van der Waals surface area contributed by atoms with Gasteiger partial charge in [-0.2, -0.15) is 0 Å². The van der Waals surface area contributed by atoms with E-state index in [2.05, 4.69) is 4.98 Å². The van der Waals surface area contributed by atoms with Gasteiger partial charge in [0, 0.05) is 0 Å². The smallest absolute Gasteiger partial charge is 0.316 e. The molecule has 128 valence electrons. The number of thioether (sulfide) groups is 1. The number of nitrogens with zero attached hydrogens (tertiary/aromatic N) is 2. The Morgan fingerprint density at radius 1 is 1.20 bits per heavy atom. The molecular formula is C19H18N2O3S. The van der Waals surface area contributed by atoms with E-state index in [0.29, 0.717) is 22.7 Å². The summed E-state index contributed by atoms with van der Waals surface area (Å²) >= 11 is 1.20. The number of para-hydroxylation sites is 1. The van der Waals surface area contributed by atoms with Crippen molar-refractivity contribution in [1.29, 1.82) is 0 Å². The number of carbonyl (C=O) groups excluding carboxylic acids is 1. The standard InChI is InChI=1S/C19H18N2O3S/c1-3-24-17(22)12-25-19-20-16-10-5-4-9-15(16)18(23)21(19)14-8-6-7-13(2)11-14/h4-11H,3,12H2,1-2H3. The highest BCUT2D eigenvalue weighted by atomic mass is 32.2. The van der Waals surface area contributed by atoms with Crippen molar-refractivity contribution in [2.75, 3.05) is 12.4 Å². The zero-order valence-electron chi connectivity index (χ0n) is 14.1. The van der Waals surface area contributed by atoms with Gasteiger partial charge < -0.3 is 4.74 Å². The molecule has 0 aliphatic carbocycles. The molecule has 0 bridgehead atoms. The first kappa shape index (κ1) is 17.2. The van der Waals surface area contributed by atoms with Gasteiger partial charge in [0.05, 0.1) is 29.0 Å². The molecule has 0 aliphatic rings. The third-order valence-electron chi connectivity index (χ3n) is 3.63. The Balaban J connectivity index is 2.14. The second-order valence-corrected chi connectivity index (χ2v) is 6.43. The zero-order valence-corrected chi connectivity index (χ0v) is 14.9. The Morgan fingerprint density at radius 2 is 2.00 bits per heavy atom. The summed E-state index contributed by atoms with van der Waals surface area (Å²) in [4.78, 5) is 29.3. The van der Waals surface area contributed by atoms with Crippen molar-refractivity contribution in [1.82, 2.24) is 9.55 Å². The molecule has 2 aromatic carbocycles. The van der Waals surface area contributed by atoms with E-state index in [4.69, 9.17) is 4.74 Å². The summed E-state index contributed by atoms with van der Waals surface area (Å²) < 4.78 is 6.53. The summed E-state index contributed by atoms with van der Waals surface area (Å²) in [6.07, 6.45) is 0. The molecule has 0 saturated carbocycles. The van der Waals surface area contributed by atoms with Crippen molar-refractivity contribution in [2.24, 2.45) is 0 Å². The predicted molar refractivity (Wildman–Crippen MR) is 99.4 cm³/mol. The fourth-order valence-corrected chi connectivity index (χ4v) is 3.34. The molecule has 25 heavy (non-hydrogen) atoms. The van der Waals surface area contributed by atoms with E-state index in [1.807, 2.05) is 43.3 Å². The fraction of sp³-hybridized carbons (Fsp3) is 0.211. The second kappa shape index (κ2) is 7.53. The molecule has 0 atom stereocenters. The van der Waals surface area contributed by atoms with Crippen LogP contribution in [0.5, 0.6) is 0 Å². The van der Waals surface area contributed by atoms with Crippen molar-refractivity contribution in [3.8, 4) is 5.69 Å². The molecule has 5 nitrogen and oxygen atoms in total. The molecule has 3 rings (SSSR count). The lowest BCUT2D eigenvalue weighted by molar-refractivity contribution is -0.139. The van der Waals surface area contributed by atoms with E-state index in [9.17, 15) is 9.59 Å². The van der Waals surface area contributed by atoms with Crippen LogP contribution < -0.4 is 5.56 Å². The molecule has 0 amide bonds. The molecule has 0 saturated heterocycles. The van der Waals surface area contributed by atoms with Gasteiger partial charge in [0.25, 0.3) is 5.56 Å². The number of hydrogen-bond donors (Lipinski definition) is 0. The molecule has 3 aromatic rings. The summed E-state index contributed by atoms with van der Waals surface area (Å²) in [7, 11) is 0. The van der Waals surface area contributed by atoms with Crippen molar-refractivity contribution in [3.05, 3.63) is 64.4 Å². The minimum absolute atomic E-state index is 0.102. The number of rotatable bonds is 5. The lowest BCUT2D eigenvalue weighted by Gasteiger charge is -2.13. The van der Waals surface area contributed by atoms with Gasteiger partial charge in [0.1, 0.15) is 0 Å². The number of carbonyl (C=O) groups is 1. The van der Waals surface area contributed by atoms with Crippen LogP contribution in [0.1, 0.15) is 12.5 Å². The minimum atomic E-state index is -0.328. The second-order valence-electron chi connectivity index (χ2n) is 5.48. The number of aromatic nitrogens is 2. The van der Waals surface area contributed by atoms with E-state index >= 15 is 0 Å². The van der Waals surface area contributed by atoms with Crippen LogP contribution in [0.25, 0.3) is 16.6 Å². The summed E-state index contributed by atoms with van der Waals surface area (Å²) in [6.45, 7) is 4.06. The Bertz CT molecular complexity index is 982. The summed E-state index contributed by atoms with van der Waals surface area (Å²) in [6, 6.07) is 14.9. The van der Waals surface area contributed by atoms with Crippen LogP contribution in [0.3, 0.4) is 0 Å². The first-order chi connectivity index (χ1) is 12.1. The molecule has 0 radical (unpaired) electrons. The van der Waals surface area contributed by atoms with Crippen molar-refractivity contribution >= 4 is 28.6 Å². The van der Waals surface area contributed by atoms with E-state index in [-0.39, 0.29) is 17.3 Å². The van der Waals surface area contributed by atoms with Crippen LogP contribution in [0, 0.1) is 6.92 Å². The quantitative estimate of drug-likeness (QED) is 0.399. The lowest BCUT2D eigenvalue weighted by Crippen LogP contribution is -2.22. The normalized spacial score (nSPS) is 10.8. The maximum absolute atomic E-state index is 13.0. The molecule has 0 aliphatic heterocycles. The Kier molecular flexibility index (Phi) is 5.19. The summed E-state index contributed by atoms with van der Waals surface area (Å²) in [5.41, 5.74) is 2.24. The van der Waals surface area contributed by atoms with Crippen LogP contribution in [-0.2, 0) is 9.53 Å². The number of benzene rings is 2. The third-order valence-corrected chi connectivity index (χ3v) is 4.54. The predicted octanol–water partition coefficient (Wildman–Crippen LogP) is 3.35. The number of ether oxygens (including phenoxy) is 1. The highest BCUT2D eigenvalue weighted by Gasteiger charge is 2.15. The van der Waals surface area contributed by atoms with Gasteiger partial charge in [-0.1, -0.05) is 36.0 Å². The average molecular weight is 354 g/mol. The highest BCUT2D eigenvalue weighted by molar-refractivity contribution is 7.99. The maximum Gasteiger partial charge on any atom is 0.316 e. The number of aryl methyl sites for hydroxylation is 1. The third kappa shape index (κ3) is 3.74. The van der Waals surface area contributed by atoms with Crippen LogP contribution in [0.15, 0.2) is 58.5 Å². The van der Waals surface area contributed by atoms with Crippen molar-refractivity contribution in [3.63, 3.8) is 0 Å². The number of fused-ring (bicyclic) bond motifs is 1. The van der Waals surface area contributed by atoms with E-state index < -0.39 is 0 Å². The minimum Gasteiger partial charge on any atom is -0.465 e. The Hall–Kier alpha value is -2.60. The van der Waals surface area contributed by atoms with E-state index in [0.717, 1.165) is 11.3 Å². The first-order valence-corrected chi connectivity index (χ1v) is 8.96. The average Bonchev–Trinajstić information content (AvgIpc) is 2.60. The number of hydrogen-bond acceptors (Lipinski definition) is 5. The van der Waals surface area contributed by atoms with Gasteiger partial charge in [-0.3, -0.25) is 14.2 Å². The van der Waals surface area contributed by atoms with Crippen molar-refractivity contribution in [2.45, 2.75) is 19.0 Å². The highest BCUT2D eigenvalue weighted by Crippen LogP contribution is 2.22. The van der Waals surface area contributed by atoms with Gasteiger partial charge in [-0.05, 0) is 43.7 Å². The largest absolute Gasteiger partial charge is 0.465 e. The summed E-state index contributed by atoms with van der Waals surface area (Å²) in [5, 5.41) is 1.02. The first-order valence-electron chi connectivity index (χ1n) is 7.97. The van der Waals surface area contributed by atoms with Gasteiger partial charge in [-0.25, -0.2) is 4.98 Å². The van der Waals surface area contributed by atoms with Crippen LogP contribution in [-0.4, -0.2) is 27.9 Å². The van der Waals surface area contributed by atoms with E-state index in [1.165, 1.54) is 11.8 Å². The molecule has 6 heteroatoms. The molecule has 0 spiro atoms. The van der Waals surface area contributed by atoms with Crippen molar-refractivity contribution < 1.29 is 9.53 Å². The fourth-order valence-electron chi connectivity index (χ4n) is 2.53. The maximum atomic E-state index is 13.0. The molecule has 1 heterocycles.